The minimum Gasteiger partial charge on any atom is -0.462 e. The fourth-order valence-electron chi connectivity index (χ4n) is 4.18. The first-order valence-electron chi connectivity index (χ1n) is 9.95. The van der Waals surface area contributed by atoms with Crippen molar-refractivity contribution in [2.24, 2.45) is 23.2 Å². The molecule has 8 heteroatoms. The number of carbonyl (C=O) groups excluding carboxylic acids is 4. The molecule has 156 valence electrons. The summed E-state index contributed by atoms with van der Waals surface area (Å²) in [5.74, 6) is -1.26. The Morgan fingerprint density at radius 3 is 2.46 bits per heavy atom. The van der Waals surface area contributed by atoms with E-state index in [0.29, 0.717) is 12.8 Å². The van der Waals surface area contributed by atoms with Gasteiger partial charge in [0, 0.05) is 11.8 Å². The van der Waals surface area contributed by atoms with Gasteiger partial charge >= 0.3 is 23.9 Å². The Morgan fingerprint density at radius 2 is 1.75 bits per heavy atom. The van der Waals surface area contributed by atoms with Crippen LogP contribution in [0, 0.1) is 23.2 Å². The summed E-state index contributed by atoms with van der Waals surface area (Å²) in [5, 5.41) is 0. The lowest BCUT2D eigenvalue weighted by Gasteiger charge is -2.25. The molecule has 5 atom stereocenters. The van der Waals surface area contributed by atoms with Crippen molar-refractivity contribution >= 4 is 23.9 Å². The van der Waals surface area contributed by atoms with Crippen LogP contribution in [-0.2, 0) is 38.1 Å². The van der Waals surface area contributed by atoms with Crippen LogP contribution in [0.1, 0.15) is 52.9 Å². The molecule has 3 aliphatic rings. The molecular formula is C20H28O8. The Labute approximate surface area is 164 Å². The average Bonchev–Trinajstić information content (AvgIpc) is 3.28. The van der Waals surface area contributed by atoms with Crippen LogP contribution in [0.4, 0.5) is 0 Å². The lowest BCUT2D eigenvalue weighted by atomic mass is 9.88. The lowest BCUT2D eigenvalue weighted by molar-refractivity contribution is -0.164. The Morgan fingerprint density at radius 1 is 1.07 bits per heavy atom. The number of ether oxygens (including phenoxy) is 4. The second-order valence-corrected chi connectivity index (χ2v) is 8.45. The van der Waals surface area contributed by atoms with Crippen molar-refractivity contribution in [2.75, 3.05) is 13.2 Å². The van der Waals surface area contributed by atoms with Crippen LogP contribution in [0.15, 0.2) is 0 Å². The summed E-state index contributed by atoms with van der Waals surface area (Å²) in [6, 6.07) is 0. The summed E-state index contributed by atoms with van der Waals surface area (Å²) in [5.41, 5.74) is -0.568. The first kappa shape index (κ1) is 20.6. The summed E-state index contributed by atoms with van der Waals surface area (Å²) in [4.78, 5) is 47.3. The SMILES string of the molecule is CCC(C)(C)C(=O)OCCOC(=O)CCC(=O)OC1C2CC3C(=O)OC1C3C2. The quantitative estimate of drug-likeness (QED) is 0.330. The van der Waals surface area contributed by atoms with Crippen molar-refractivity contribution in [2.45, 2.75) is 65.1 Å². The molecule has 0 aromatic carbocycles. The molecule has 2 bridgehead atoms. The van der Waals surface area contributed by atoms with Gasteiger partial charge in [-0.25, -0.2) is 0 Å². The van der Waals surface area contributed by atoms with Crippen molar-refractivity contribution < 1.29 is 38.1 Å². The molecule has 1 saturated heterocycles. The van der Waals surface area contributed by atoms with Crippen LogP contribution in [0.2, 0.25) is 0 Å². The van der Waals surface area contributed by atoms with Gasteiger partial charge < -0.3 is 18.9 Å². The average molecular weight is 396 g/mol. The Balaban J connectivity index is 1.31. The van der Waals surface area contributed by atoms with Crippen molar-refractivity contribution in [1.82, 2.24) is 0 Å². The summed E-state index contributed by atoms with van der Waals surface area (Å²) in [7, 11) is 0. The highest BCUT2D eigenvalue weighted by molar-refractivity contribution is 5.79. The van der Waals surface area contributed by atoms with Crippen LogP contribution in [0.5, 0.6) is 0 Å². The van der Waals surface area contributed by atoms with Gasteiger partial charge in [0.25, 0.3) is 0 Å². The highest BCUT2D eigenvalue weighted by Gasteiger charge is 2.63. The minimum absolute atomic E-state index is 0.0161. The summed E-state index contributed by atoms with van der Waals surface area (Å²) >= 11 is 0. The lowest BCUT2D eigenvalue weighted by Crippen LogP contribution is -2.36. The van der Waals surface area contributed by atoms with Crippen LogP contribution in [-0.4, -0.2) is 49.3 Å². The molecule has 8 nitrogen and oxygen atoms in total. The molecule has 0 N–H and O–H groups in total. The van der Waals surface area contributed by atoms with Gasteiger partial charge in [0.1, 0.15) is 25.4 Å². The standard InChI is InChI=1S/C20H28O8/c1-4-20(2,3)19(24)26-8-7-25-14(21)5-6-15(22)27-16-11-9-12-13(10-11)18(23)28-17(12)16/h11-13,16-17H,4-10H2,1-3H3. The van der Waals surface area contributed by atoms with E-state index in [9.17, 15) is 19.2 Å². The molecule has 0 amide bonds. The second-order valence-electron chi connectivity index (χ2n) is 8.45. The van der Waals surface area contributed by atoms with Gasteiger partial charge in [0.2, 0.25) is 0 Å². The molecule has 0 aromatic rings. The van der Waals surface area contributed by atoms with Gasteiger partial charge in [-0.05, 0) is 33.1 Å². The molecule has 3 fully saturated rings. The Bertz CT molecular complexity index is 655. The highest BCUT2D eigenvalue weighted by atomic mass is 16.6. The number of esters is 4. The van der Waals surface area contributed by atoms with E-state index >= 15 is 0 Å². The highest BCUT2D eigenvalue weighted by Crippen LogP contribution is 2.55. The first-order valence-corrected chi connectivity index (χ1v) is 9.95. The Kier molecular flexibility index (Phi) is 5.95. The fourth-order valence-corrected chi connectivity index (χ4v) is 4.18. The molecular weight excluding hydrogens is 368 g/mol. The van der Waals surface area contributed by atoms with E-state index < -0.39 is 23.5 Å². The second kappa shape index (κ2) is 8.09. The molecule has 2 aliphatic carbocycles. The van der Waals surface area contributed by atoms with Crippen molar-refractivity contribution in [3.05, 3.63) is 0 Å². The van der Waals surface area contributed by atoms with Gasteiger partial charge in [0.05, 0.1) is 24.2 Å². The van der Waals surface area contributed by atoms with E-state index in [2.05, 4.69) is 0 Å². The zero-order valence-corrected chi connectivity index (χ0v) is 16.6. The van der Waals surface area contributed by atoms with Crippen LogP contribution < -0.4 is 0 Å². The van der Waals surface area contributed by atoms with E-state index in [0.717, 1.165) is 6.42 Å². The van der Waals surface area contributed by atoms with Crippen LogP contribution >= 0.6 is 0 Å². The van der Waals surface area contributed by atoms with Crippen molar-refractivity contribution in [3.63, 3.8) is 0 Å². The van der Waals surface area contributed by atoms with E-state index in [1.165, 1.54) is 0 Å². The molecule has 0 radical (unpaired) electrons. The normalized spacial score (nSPS) is 30.1. The van der Waals surface area contributed by atoms with Gasteiger partial charge in [-0.3, -0.25) is 19.2 Å². The van der Waals surface area contributed by atoms with E-state index in [1.54, 1.807) is 13.8 Å². The third-order valence-corrected chi connectivity index (χ3v) is 6.23. The minimum atomic E-state index is -0.568. The predicted molar refractivity (Wildman–Crippen MR) is 94.7 cm³/mol. The third kappa shape index (κ3) is 4.15. The first-order chi connectivity index (χ1) is 13.2. The van der Waals surface area contributed by atoms with E-state index in [1.807, 2.05) is 6.92 Å². The number of hydrogen-bond donors (Lipinski definition) is 0. The summed E-state index contributed by atoms with van der Waals surface area (Å²) in [6.45, 7) is 5.40. The molecule has 5 unspecified atom stereocenters. The summed E-state index contributed by atoms with van der Waals surface area (Å²) in [6.07, 6.45) is 1.30. The predicted octanol–water partition coefficient (Wildman–Crippen LogP) is 1.78. The number of hydrogen-bond acceptors (Lipinski definition) is 8. The molecule has 0 aromatic heterocycles. The van der Waals surface area contributed by atoms with E-state index in [-0.39, 0.29) is 61.9 Å². The molecule has 28 heavy (non-hydrogen) atoms. The number of rotatable bonds is 9. The van der Waals surface area contributed by atoms with Gasteiger partial charge in [0.15, 0.2) is 0 Å². The van der Waals surface area contributed by atoms with Gasteiger partial charge in [-0.15, -0.1) is 0 Å². The van der Waals surface area contributed by atoms with Crippen molar-refractivity contribution in [3.8, 4) is 0 Å². The Hall–Kier alpha value is -2.12. The maximum absolute atomic E-state index is 12.1. The largest absolute Gasteiger partial charge is 0.462 e. The maximum Gasteiger partial charge on any atom is 0.311 e. The van der Waals surface area contributed by atoms with E-state index in [4.69, 9.17) is 18.9 Å². The maximum atomic E-state index is 12.1. The molecule has 0 spiro atoms. The monoisotopic (exact) mass is 396 g/mol. The van der Waals surface area contributed by atoms with Crippen molar-refractivity contribution in [1.29, 1.82) is 0 Å². The molecule has 3 rings (SSSR count). The zero-order valence-electron chi connectivity index (χ0n) is 16.6. The smallest absolute Gasteiger partial charge is 0.311 e. The molecule has 2 saturated carbocycles. The zero-order chi connectivity index (χ0) is 20.5. The van der Waals surface area contributed by atoms with Gasteiger partial charge in [-0.1, -0.05) is 6.92 Å². The number of fused-ring (bicyclic) bond motifs is 1. The number of carbonyl (C=O) groups is 4. The fraction of sp³-hybridized carbons (Fsp3) is 0.800. The van der Waals surface area contributed by atoms with Crippen LogP contribution in [0.25, 0.3) is 0 Å². The third-order valence-electron chi connectivity index (χ3n) is 6.23. The topological polar surface area (TPSA) is 105 Å². The van der Waals surface area contributed by atoms with Gasteiger partial charge in [-0.2, -0.15) is 0 Å². The summed E-state index contributed by atoms with van der Waals surface area (Å²) < 4.78 is 20.9. The molecule has 1 aliphatic heterocycles. The molecule has 1 heterocycles. The van der Waals surface area contributed by atoms with Crippen LogP contribution in [0.3, 0.4) is 0 Å².